The summed E-state index contributed by atoms with van der Waals surface area (Å²) in [4.78, 5) is 12.9. The second-order valence-electron chi connectivity index (χ2n) is 6.87. The van der Waals surface area contributed by atoms with Crippen LogP contribution >= 0.6 is 0 Å². The van der Waals surface area contributed by atoms with Crippen molar-refractivity contribution in [1.82, 2.24) is 0 Å². The fourth-order valence-electron chi connectivity index (χ4n) is 3.09. The topological polar surface area (TPSA) is 84.9 Å². The molecule has 1 N–H and O–H groups in total. The summed E-state index contributed by atoms with van der Waals surface area (Å²) in [5, 5.41) is 2.83. The Morgan fingerprint density at radius 1 is 1.07 bits per heavy atom. The molecular weight excluding hydrogens is 380 g/mol. The van der Waals surface area contributed by atoms with E-state index in [-0.39, 0.29) is 0 Å². The van der Waals surface area contributed by atoms with Gasteiger partial charge in [0, 0.05) is 11.8 Å². The first-order valence-electron chi connectivity index (χ1n) is 8.94. The van der Waals surface area contributed by atoms with E-state index in [1.54, 1.807) is 25.1 Å². The summed E-state index contributed by atoms with van der Waals surface area (Å²) in [6.07, 6.45) is 1.07. The van der Waals surface area contributed by atoms with Gasteiger partial charge in [-0.3, -0.25) is 9.10 Å². The Hall–Kier alpha value is -2.74. The minimum absolute atomic E-state index is 0.343. The molecule has 0 fully saturated rings. The van der Waals surface area contributed by atoms with E-state index < -0.39 is 22.0 Å². The maximum Gasteiger partial charge on any atom is 0.248 e. The number of hydrogen-bond donors (Lipinski definition) is 1. The van der Waals surface area contributed by atoms with Gasteiger partial charge in [0.05, 0.1) is 11.9 Å². The first kappa shape index (κ1) is 20.0. The molecule has 0 saturated heterocycles. The van der Waals surface area contributed by atoms with Crippen molar-refractivity contribution in [2.75, 3.05) is 29.1 Å². The summed E-state index contributed by atoms with van der Waals surface area (Å²) in [6, 6.07) is 9.59. The van der Waals surface area contributed by atoms with Crippen LogP contribution in [-0.4, -0.2) is 39.8 Å². The van der Waals surface area contributed by atoms with Crippen LogP contribution in [0.5, 0.6) is 11.5 Å². The molecule has 1 aliphatic heterocycles. The first-order chi connectivity index (χ1) is 13.2. The lowest BCUT2D eigenvalue weighted by molar-refractivity contribution is -0.116. The normalized spacial score (nSPS) is 14.3. The van der Waals surface area contributed by atoms with Crippen molar-refractivity contribution in [3.63, 3.8) is 0 Å². The molecule has 0 saturated carbocycles. The lowest BCUT2D eigenvalue weighted by atomic mass is 10.1. The largest absolute Gasteiger partial charge is 0.486 e. The fourth-order valence-corrected chi connectivity index (χ4v) is 4.25. The highest BCUT2D eigenvalue weighted by Crippen LogP contribution is 2.35. The second kappa shape index (κ2) is 7.71. The number of anilines is 2. The minimum Gasteiger partial charge on any atom is -0.486 e. The lowest BCUT2D eigenvalue weighted by Gasteiger charge is -2.29. The predicted octanol–water partition coefficient (Wildman–Crippen LogP) is 2.87. The molecule has 28 heavy (non-hydrogen) atoms. The van der Waals surface area contributed by atoms with Crippen molar-refractivity contribution in [2.24, 2.45) is 0 Å². The van der Waals surface area contributed by atoms with Crippen LogP contribution < -0.4 is 19.1 Å². The van der Waals surface area contributed by atoms with Gasteiger partial charge in [-0.05, 0) is 50.1 Å². The zero-order chi connectivity index (χ0) is 20.5. The van der Waals surface area contributed by atoms with Gasteiger partial charge in [-0.2, -0.15) is 0 Å². The zero-order valence-corrected chi connectivity index (χ0v) is 17.2. The van der Waals surface area contributed by atoms with E-state index in [2.05, 4.69) is 5.32 Å². The van der Waals surface area contributed by atoms with Crippen LogP contribution in [0.1, 0.15) is 18.1 Å². The number of sulfonamides is 1. The molecule has 0 unspecified atom stereocenters. The van der Waals surface area contributed by atoms with E-state index in [0.29, 0.717) is 36.1 Å². The Morgan fingerprint density at radius 2 is 1.75 bits per heavy atom. The van der Waals surface area contributed by atoms with E-state index >= 15 is 0 Å². The molecule has 0 spiro atoms. The maximum absolute atomic E-state index is 12.9. The number of nitrogens with one attached hydrogen (secondary N) is 1. The molecule has 1 aliphatic rings. The highest BCUT2D eigenvalue weighted by atomic mass is 32.2. The molecule has 150 valence electrons. The third kappa shape index (κ3) is 4.22. The summed E-state index contributed by atoms with van der Waals surface area (Å²) in [5.41, 5.74) is 2.90. The standard InChI is InChI=1S/C20H24N2O5S/c1-13-5-6-14(2)17(11-13)21-20(23)15(3)22(28(4,24)25)16-7-8-18-19(12-16)27-10-9-26-18/h5-8,11-12,15H,9-10H2,1-4H3,(H,21,23)/t15-/m1/s1. The van der Waals surface area contributed by atoms with E-state index in [0.717, 1.165) is 21.7 Å². The second-order valence-corrected chi connectivity index (χ2v) is 8.73. The molecule has 0 radical (unpaired) electrons. The number of benzene rings is 2. The first-order valence-corrected chi connectivity index (χ1v) is 10.8. The lowest BCUT2D eigenvalue weighted by Crippen LogP contribution is -2.45. The van der Waals surface area contributed by atoms with Crippen LogP contribution in [0.4, 0.5) is 11.4 Å². The number of amides is 1. The van der Waals surface area contributed by atoms with E-state index in [4.69, 9.17) is 9.47 Å². The van der Waals surface area contributed by atoms with Crippen LogP contribution in [0.25, 0.3) is 0 Å². The summed E-state index contributed by atoms with van der Waals surface area (Å²) in [5.74, 6) is 0.587. The Labute approximate surface area is 165 Å². The minimum atomic E-state index is -3.72. The number of nitrogens with zero attached hydrogens (tertiary/aromatic N) is 1. The van der Waals surface area contributed by atoms with E-state index in [9.17, 15) is 13.2 Å². The van der Waals surface area contributed by atoms with E-state index in [1.807, 2.05) is 32.0 Å². The Bertz CT molecular complexity index is 1000. The number of hydrogen-bond acceptors (Lipinski definition) is 5. The Morgan fingerprint density at radius 3 is 2.43 bits per heavy atom. The average Bonchev–Trinajstić information content (AvgIpc) is 2.63. The van der Waals surface area contributed by atoms with Gasteiger partial charge in [0.25, 0.3) is 0 Å². The smallest absolute Gasteiger partial charge is 0.248 e. The van der Waals surface area contributed by atoms with Crippen molar-refractivity contribution in [2.45, 2.75) is 26.8 Å². The third-order valence-corrected chi connectivity index (χ3v) is 5.76. The van der Waals surface area contributed by atoms with Crippen molar-refractivity contribution >= 4 is 27.3 Å². The highest BCUT2D eigenvalue weighted by molar-refractivity contribution is 7.92. The molecule has 1 amide bonds. The predicted molar refractivity (Wildman–Crippen MR) is 109 cm³/mol. The number of carbonyl (C=O) groups is 1. The number of fused-ring (bicyclic) bond motifs is 1. The molecule has 1 atom stereocenters. The average molecular weight is 404 g/mol. The van der Waals surface area contributed by atoms with Gasteiger partial charge in [-0.15, -0.1) is 0 Å². The molecule has 0 bridgehead atoms. The van der Waals surface area contributed by atoms with Gasteiger partial charge in [0.1, 0.15) is 19.3 Å². The molecule has 3 rings (SSSR count). The zero-order valence-electron chi connectivity index (χ0n) is 16.4. The summed E-state index contributed by atoms with van der Waals surface area (Å²) in [6.45, 7) is 6.19. The molecule has 2 aromatic rings. The molecule has 1 heterocycles. The molecule has 0 aliphatic carbocycles. The monoisotopic (exact) mass is 404 g/mol. The van der Waals surface area contributed by atoms with Crippen molar-refractivity contribution in [3.05, 3.63) is 47.5 Å². The molecule has 0 aromatic heterocycles. The van der Waals surface area contributed by atoms with Crippen molar-refractivity contribution in [1.29, 1.82) is 0 Å². The Balaban J connectivity index is 1.91. The molecule has 7 nitrogen and oxygen atoms in total. The van der Waals surface area contributed by atoms with Gasteiger partial charge >= 0.3 is 0 Å². The number of rotatable bonds is 5. The SMILES string of the molecule is Cc1ccc(C)c(NC(=O)[C@@H](C)N(c2ccc3c(c2)OCCO3)S(C)(=O)=O)c1. The number of aryl methyl sites for hydroxylation is 2. The number of carbonyl (C=O) groups excluding carboxylic acids is 1. The summed E-state index contributed by atoms with van der Waals surface area (Å²) < 4.78 is 37.1. The van der Waals surface area contributed by atoms with Gasteiger partial charge in [0.15, 0.2) is 11.5 Å². The van der Waals surface area contributed by atoms with Crippen molar-refractivity contribution < 1.29 is 22.7 Å². The van der Waals surface area contributed by atoms with Gasteiger partial charge in [-0.25, -0.2) is 8.42 Å². The summed E-state index contributed by atoms with van der Waals surface area (Å²) in [7, 11) is -3.72. The van der Waals surface area contributed by atoms with Crippen LogP contribution in [0, 0.1) is 13.8 Å². The maximum atomic E-state index is 12.9. The summed E-state index contributed by atoms with van der Waals surface area (Å²) >= 11 is 0. The van der Waals surface area contributed by atoms with Crippen LogP contribution in [0.2, 0.25) is 0 Å². The van der Waals surface area contributed by atoms with Crippen LogP contribution in [-0.2, 0) is 14.8 Å². The van der Waals surface area contributed by atoms with Gasteiger partial charge < -0.3 is 14.8 Å². The molecule has 8 heteroatoms. The fraction of sp³-hybridized carbons (Fsp3) is 0.350. The van der Waals surface area contributed by atoms with Gasteiger partial charge in [-0.1, -0.05) is 12.1 Å². The van der Waals surface area contributed by atoms with Crippen molar-refractivity contribution in [3.8, 4) is 11.5 Å². The van der Waals surface area contributed by atoms with Crippen LogP contribution in [0.15, 0.2) is 36.4 Å². The quantitative estimate of drug-likeness (QED) is 0.828. The third-order valence-electron chi connectivity index (χ3n) is 4.52. The molecule has 2 aromatic carbocycles. The highest BCUT2D eigenvalue weighted by Gasteiger charge is 2.30. The molecular formula is C20H24N2O5S. The Kier molecular flexibility index (Phi) is 5.51. The van der Waals surface area contributed by atoms with Gasteiger partial charge in [0.2, 0.25) is 15.9 Å². The van der Waals surface area contributed by atoms with Crippen LogP contribution in [0.3, 0.4) is 0 Å². The number of ether oxygens (including phenoxy) is 2. The van der Waals surface area contributed by atoms with E-state index in [1.165, 1.54) is 0 Å².